The molecular weight excluding hydrogens is 278 g/mol. The molecule has 22 heavy (non-hydrogen) atoms. The van der Waals surface area contributed by atoms with Crippen molar-refractivity contribution in [1.82, 2.24) is 15.3 Å². The van der Waals surface area contributed by atoms with E-state index in [1.165, 1.54) is 0 Å². The van der Waals surface area contributed by atoms with Crippen LogP contribution in [0.2, 0.25) is 0 Å². The molecule has 1 N–H and O–H groups in total. The van der Waals surface area contributed by atoms with Crippen molar-refractivity contribution in [2.24, 2.45) is 0 Å². The van der Waals surface area contributed by atoms with Gasteiger partial charge in [0.15, 0.2) is 6.61 Å². The predicted octanol–water partition coefficient (Wildman–Crippen LogP) is 2.36. The van der Waals surface area contributed by atoms with Gasteiger partial charge < -0.3 is 10.1 Å². The van der Waals surface area contributed by atoms with Crippen LogP contribution in [-0.2, 0) is 11.2 Å². The van der Waals surface area contributed by atoms with Crippen molar-refractivity contribution in [2.45, 2.75) is 32.2 Å². The Kier molecular flexibility index (Phi) is 4.32. The summed E-state index contributed by atoms with van der Waals surface area (Å²) in [6.07, 6.45) is 4.72. The van der Waals surface area contributed by atoms with E-state index in [4.69, 9.17) is 4.74 Å². The van der Waals surface area contributed by atoms with Gasteiger partial charge >= 0.3 is 0 Å². The number of nitrogens with one attached hydrogen (secondary N) is 1. The number of carbonyl (C=O) groups excluding carboxylic acids is 1. The molecule has 0 fully saturated rings. The Morgan fingerprint density at radius 2 is 2.18 bits per heavy atom. The zero-order chi connectivity index (χ0) is 15.4. The summed E-state index contributed by atoms with van der Waals surface area (Å²) in [5.41, 5.74) is 2.08. The molecule has 2 aromatic rings. The van der Waals surface area contributed by atoms with Crippen LogP contribution in [0.1, 0.15) is 36.0 Å². The Labute approximate surface area is 129 Å². The van der Waals surface area contributed by atoms with Gasteiger partial charge in [0.05, 0.1) is 6.04 Å². The van der Waals surface area contributed by atoms with Gasteiger partial charge in [0.25, 0.3) is 5.91 Å². The lowest BCUT2D eigenvalue weighted by Gasteiger charge is -2.25. The van der Waals surface area contributed by atoms with Gasteiger partial charge in [0, 0.05) is 17.5 Å². The van der Waals surface area contributed by atoms with Crippen LogP contribution in [0.25, 0.3) is 0 Å². The lowest BCUT2D eigenvalue weighted by Crippen LogP contribution is -2.34. The molecule has 0 aliphatic heterocycles. The second kappa shape index (κ2) is 6.56. The van der Waals surface area contributed by atoms with Crippen LogP contribution in [-0.4, -0.2) is 22.5 Å². The largest absolute Gasteiger partial charge is 0.484 e. The molecule has 5 nitrogen and oxygen atoms in total. The third-order valence-corrected chi connectivity index (χ3v) is 3.75. The maximum absolute atomic E-state index is 12.1. The van der Waals surface area contributed by atoms with Crippen molar-refractivity contribution in [2.75, 3.05) is 6.61 Å². The molecule has 1 aliphatic rings. The fraction of sp³-hybridized carbons (Fsp3) is 0.353. The number of carbonyl (C=O) groups is 1. The quantitative estimate of drug-likeness (QED) is 0.941. The fourth-order valence-electron chi connectivity index (χ4n) is 2.70. The summed E-state index contributed by atoms with van der Waals surface area (Å²) in [7, 11) is 0. The Morgan fingerprint density at radius 3 is 3.00 bits per heavy atom. The Morgan fingerprint density at radius 1 is 1.36 bits per heavy atom. The molecule has 0 saturated carbocycles. The molecule has 1 atom stereocenters. The monoisotopic (exact) mass is 297 g/mol. The van der Waals surface area contributed by atoms with E-state index in [0.717, 1.165) is 36.3 Å². The molecule has 0 spiro atoms. The topological polar surface area (TPSA) is 64.1 Å². The number of amides is 1. The first kappa shape index (κ1) is 14.5. The number of para-hydroxylation sites is 1. The first-order valence-corrected chi connectivity index (χ1v) is 7.52. The number of fused-ring (bicyclic) bond motifs is 1. The molecule has 5 heteroatoms. The van der Waals surface area contributed by atoms with Crippen molar-refractivity contribution >= 4 is 5.91 Å². The minimum absolute atomic E-state index is 0.0164. The summed E-state index contributed by atoms with van der Waals surface area (Å²) in [5, 5.41) is 3.02. The van der Waals surface area contributed by atoms with E-state index >= 15 is 0 Å². The van der Waals surface area contributed by atoms with E-state index < -0.39 is 0 Å². The van der Waals surface area contributed by atoms with Crippen LogP contribution in [0, 0.1) is 6.92 Å². The van der Waals surface area contributed by atoms with E-state index in [0.29, 0.717) is 5.75 Å². The SMILES string of the molecule is Cc1ncc2c(n1)CCC[C@@H]2NC(=O)COc1ccccc1. The summed E-state index contributed by atoms with van der Waals surface area (Å²) in [5.74, 6) is 1.35. The molecule has 0 unspecified atom stereocenters. The lowest BCUT2D eigenvalue weighted by atomic mass is 9.92. The number of hydrogen-bond acceptors (Lipinski definition) is 4. The lowest BCUT2D eigenvalue weighted by molar-refractivity contribution is -0.124. The van der Waals surface area contributed by atoms with Gasteiger partial charge in [-0.3, -0.25) is 4.79 Å². The Balaban J connectivity index is 1.61. The van der Waals surface area contributed by atoms with E-state index in [-0.39, 0.29) is 18.6 Å². The second-order valence-electron chi connectivity index (χ2n) is 5.43. The van der Waals surface area contributed by atoms with Gasteiger partial charge in [-0.1, -0.05) is 18.2 Å². The smallest absolute Gasteiger partial charge is 0.258 e. The van der Waals surface area contributed by atoms with Gasteiger partial charge in [-0.25, -0.2) is 9.97 Å². The highest BCUT2D eigenvalue weighted by atomic mass is 16.5. The highest BCUT2D eigenvalue weighted by molar-refractivity contribution is 5.78. The van der Waals surface area contributed by atoms with Crippen LogP contribution in [0.4, 0.5) is 0 Å². The molecule has 1 aliphatic carbocycles. The number of benzene rings is 1. The van der Waals surface area contributed by atoms with Crippen molar-refractivity contribution < 1.29 is 9.53 Å². The van der Waals surface area contributed by atoms with Crippen molar-refractivity contribution in [3.05, 3.63) is 53.6 Å². The molecular formula is C17H19N3O2. The number of rotatable bonds is 4. The number of aryl methyl sites for hydroxylation is 2. The van der Waals surface area contributed by atoms with E-state index in [1.807, 2.05) is 43.5 Å². The van der Waals surface area contributed by atoms with Gasteiger partial charge in [0.1, 0.15) is 11.6 Å². The summed E-state index contributed by atoms with van der Waals surface area (Å²) in [4.78, 5) is 20.8. The van der Waals surface area contributed by atoms with Crippen LogP contribution >= 0.6 is 0 Å². The maximum Gasteiger partial charge on any atom is 0.258 e. The van der Waals surface area contributed by atoms with Crippen molar-refractivity contribution in [3.8, 4) is 5.75 Å². The van der Waals surface area contributed by atoms with Gasteiger partial charge in [-0.2, -0.15) is 0 Å². The standard InChI is InChI=1S/C17H19N3O2/c1-12-18-10-14-15(19-12)8-5-9-16(14)20-17(21)11-22-13-6-3-2-4-7-13/h2-4,6-7,10,16H,5,8-9,11H2,1H3,(H,20,21)/t16-/m0/s1. The molecule has 0 radical (unpaired) electrons. The zero-order valence-electron chi connectivity index (χ0n) is 12.6. The summed E-state index contributed by atoms with van der Waals surface area (Å²) < 4.78 is 5.47. The zero-order valence-corrected chi connectivity index (χ0v) is 12.6. The third kappa shape index (κ3) is 3.42. The molecule has 114 valence electrons. The molecule has 0 saturated heterocycles. The van der Waals surface area contributed by atoms with Gasteiger partial charge in [-0.15, -0.1) is 0 Å². The van der Waals surface area contributed by atoms with Crippen LogP contribution in [0.3, 0.4) is 0 Å². The Bertz CT molecular complexity index is 658. The van der Waals surface area contributed by atoms with Crippen LogP contribution in [0.15, 0.2) is 36.5 Å². The molecule has 1 amide bonds. The number of ether oxygens (including phenoxy) is 1. The number of hydrogen-bond donors (Lipinski definition) is 1. The maximum atomic E-state index is 12.1. The van der Waals surface area contributed by atoms with Gasteiger partial charge in [0.2, 0.25) is 0 Å². The first-order chi connectivity index (χ1) is 10.7. The summed E-state index contributed by atoms with van der Waals surface area (Å²) >= 11 is 0. The molecule has 1 aromatic carbocycles. The summed E-state index contributed by atoms with van der Waals surface area (Å²) in [6, 6.07) is 9.32. The third-order valence-electron chi connectivity index (χ3n) is 3.75. The first-order valence-electron chi connectivity index (χ1n) is 7.52. The van der Waals surface area contributed by atoms with E-state index in [9.17, 15) is 4.79 Å². The fourth-order valence-corrected chi connectivity index (χ4v) is 2.70. The normalized spacial score (nSPS) is 16.7. The minimum Gasteiger partial charge on any atom is -0.484 e. The molecule has 1 heterocycles. The highest BCUT2D eigenvalue weighted by Gasteiger charge is 2.23. The van der Waals surface area contributed by atoms with E-state index in [1.54, 1.807) is 0 Å². The van der Waals surface area contributed by atoms with Crippen molar-refractivity contribution in [3.63, 3.8) is 0 Å². The molecule has 3 rings (SSSR count). The minimum atomic E-state index is -0.123. The Hall–Kier alpha value is -2.43. The molecule has 1 aromatic heterocycles. The number of aromatic nitrogens is 2. The van der Waals surface area contributed by atoms with Crippen LogP contribution in [0.5, 0.6) is 5.75 Å². The van der Waals surface area contributed by atoms with Gasteiger partial charge in [-0.05, 0) is 38.3 Å². The summed E-state index contributed by atoms with van der Waals surface area (Å²) in [6.45, 7) is 1.90. The number of nitrogens with zero attached hydrogens (tertiary/aromatic N) is 2. The predicted molar refractivity (Wildman–Crippen MR) is 82.5 cm³/mol. The second-order valence-corrected chi connectivity index (χ2v) is 5.43. The van der Waals surface area contributed by atoms with Crippen molar-refractivity contribution in [1.29, 1.82) is 0 Å². The average molecular weight is 297 g/mol. The highest BCUT2D eigenvalue weighted by Crippen LogP contribution is 2.27. The molecule has 0 bridgehead atoms. The van der Waals surface area contributed by atoms with Crippen LogP contribution < -0.4 is 10.1 Å². The van der Waals surface area contributed by atoms with E-state index in [2.05, 4.69) is 15.3 Å². The average Bonchev–Trinajstić information content (AvgIpc) is 2.54.